The highest BCUT2D eigenvalue weighted by molar-refractivity contribution is 5.80. The van der Waals surface area contributed by atoms with Crippen molar-refractivity contribution in [2.24, 2.45) is 0 Å². The molecule has 1 aliphatic carbocycles. The lowest BCUT2D eigenvalue weighted by Gasteiger charge is -2.30. The zero-order valence-electron chi connectivity index (χ0n) is 9.72. The maximum absolute atomic E-state index is 11.5. The number of hydrogen-bond donors (Lipinski definition) is 0. The predicted octanol–water partition coefficient (Wildman–Crippen LogP) is 2.61. The number of rotatable bonds is 1. The number of carbonyl (C=O) groups excluding carboxylic acids is 1. The molecular weight excluding hydrogens is 216 g/mol. The average Bonchev–Trinajstić information content (AvgIpc) is 2.74. The SMILES string of the molecule is O=C1CCC[C@]2(CO[C@H](c3ccccc3)O2)C1. The van der Waals surface area contributed by atoms with E-state index in [2.05, 4.69) is 0 Å². The van der Waals surface area contributed by atoms with Crippen LogP contribution in [0.2, 0.25) is 0 Å². The summed E-state index contributed by atoms with van der Waals surface area (Å²) >= 11 is 0. The lowest BCUT2D eigenvalue weighted by Crippen LogP contribution is -2.37. The molecule has 1 saturated carbocycles. The van der Waals surface area contributed by atoms with E-state index >= 15 is 0 Å². The lowest BCUT2D eigenvalue weighted by atomic mass is 9.85. The first kappa shape index (κ1) is 10.9. The maximum Gasteiger partial charge on any atom is 0.184 e. The maximum atomic E-state index is 11.5. The van der Waals surface area contributed by atoms with Crippen LogP contribution in [0.25, 0.3) is 0 Å². The molecule has 3 rings (SSSR count). The van der Waals surface area contributed by atoms with Crippen molar-refractivity contribution in [1.82, 2.24) is 0 Å². The van der Waals surface area contributed by atoms with E-state index in [-0.39, 0.29) is 11.9 Å². The number of ketones is 1. The van der Waals surface area contributed by atoms with Crippen LogP contribution in [0, 0.1) is 0 Å². The minimum Gasteiger partial charge on any atom is -0.345 e. The highest BCUT2D eigenvalue weighted by Crippen LogP contribution is 2.41. The normalized spacial score (nSPS) is 33.2. The van der Waals surface area contributed by atoms with Crippen LogP contribution >= 0.6 is 0 Å². The van der Waals surface area contributed by atoms with Gasteiger partial charge >= 0.3 is 0 Å². The van der Waals surface area contributed by atoms with Crippen molar-refractivity contribution < 1.29 is 14.3 Å². The van der Waals surface area contributed by atoms with Gasteiger partial charge in [-0.25, -0.2) is 0 Å². The van der Waals surface area contributed by atoms with E-state index in [0.717, 1.165) is 18.4 Å². The molecule has 0 bridgehead atoms. The molecule has 2 atom stereocenters. The molecule has 17 heavy (non-hydrogen) atoms. The highest BCUT2D eigenvalue weighted by atomic mass is 16.7. The Morgan fingerprint density at radius 2 is 2.06 bits per heavy atom. The minimum absolute atomic E-state index is 0.300. The number of hydrogen-bond acceptors (Lipinski definition) is 3. The quantitative estimate of drug-likeness (QED) is 0.746. The third kappa shape index (κ3) is 2.13. The summed E-state index contributed by atoms with van der Waals surface area (Å²) in [5.74, 6) is 0.300. The van der Waals surface area contributed by atoms with E-state index in [0.29, 0.717) is 25.2 Å². The minimum atomic E-state index is -0.351. The van der Waals surface area contributed by atoms with Gasteiger partial charge in [0.25, 0.3) is 0 Å². The second-order valence-electron chi connectivity index (χ2n) is 4.92. The fourth-order valence-corrected chi connectivity index (χ4v) is 2.66. The van der Waals surface area contributed by atoms with Gasteiger partial charge in [0.05, 0.1) is 6.61 Å². The standard InChI is InChI=1S/C14H16O3/c15-12-7-4-8-14(9-12)10-16-13(17-14)11-5-2-1-3-6-11/h1-3,5-6,13H,4,7-10H2/t13-,14+/m0/s1. The fraction of sp³-hybridized carbons (Fsp3) is 0.500. The molecule has 0 unspecified atom stereocenters. The van der Waals surface area contributed by atoms with Crippen molar-refractivity contribution >= 4 is 5.78 Å². The number of carbonyl (C=O) groups is 1. The fourth-order valence-electron chi connectivity index (χ4n) is 2.66. The molecule has 3 nitrogen and oxygen atoms in total. The Hall–Kier alpha value is -1.19. The van der Waals surface area contributed by atoms with Crippen molar-refractivity contribution in [3.8, 4) is 0 Å². The first-order chi connectivity index (χ1) is 8.27. The van der Waals surface area contributed by atoms with Gasteiger partial charge in [0, 0.05) is 18.4 Å². The van der Waals surface area contributed by atoms with Crippen molar-refractivity contribution in [3.63, 3.8) is 0 Å². The average molecular weight is 232 g/mol. The molecule has 1 saturated heterocycles. The summed E-state index contributed by atoms with van der Waals surface area (Å²) in [6.45, 7) is 0.540. The molecule has 0 aromatic heterocycles. The number of ether oxygens (including phenoxy) is 2. The second kappa shape index (κ2) is 4.24. The number of Topliss-reactive ketones (excluding diaryl/α,β-unsaturated/α-hetero) is 1. The summed E-state index contributed by atoms with van der Waals surface area (Å²) in [6, 6.07) is 9.90. The molecular formula is C14H16O3. The largest absolute Gasteiger partial charge is 0.345 e. The van der Waals surface area contributed by atoms with Crippen LogP contribution in [-0.4, -0.2) is 18.0 Å². The molecule has 1 spiro atoms. The summed E-state index contributed by atoms with van der Waals surface area (Å²) in [6.07, 6.45) is 2.76. The van der Waals surface area contributed by atoms with Crippen LogP contribution in [0.5, 0.6) is 0 Å². The summed E-state index contributed by atoms with van der Waals surface area (Å²) < 4.78 is 11.7. The highest BCUT2D eigenvalue weighted by Gasteiger charge is 2.44. The van der Waals surface area contributed by atoms with Gasteiger partial charge in [-0.15, -0.1) is 0 Å². The van der Waals surface area contributed by atoms with Crippen LogP contribution in [0.3, 0.4) is 0 Å². The Labute approximate surface area is 101 Å². The van der Waals surface area contributed by atoms with Gasteiger partial charge < -0.3 is 9.47 Å². The summed E-state index contributed by atoms with van der Waals surface area (Å²) in [5.41, 5.74) is 0.679. The van der Waals surface area contributed by atoms with Gasteiger partial charge in [-0.2, -0.15) is 0 Å². The van der Waals surface area contributed by atoms with E-state index in [1.54, 1.807) is 0 Å². The van der Waals surface area contributed by atoms with Crippen molar-refractivity contribution in [3.05, 3.63) is 35.9 Å². The molecule has 2 aliphatic rings. The summed E-state index contributed by atoms with van der Waals surface area (Å²) in [7, 11) is 0. The Bertz CT molecular complexity index is 415. The van der Waals surface area contributed by atoms with Crippen molar-refractivity contribution in [2.75, 3.05) is 6.61 Å². The van der Waals surface area contributed by atoms with Gasteiger partial charge in [-0.1, -0.05) is 30.3 Å². The van der Waals surface area contributed by atoms with Crippen LogP contribution in [-0.2, 0) is 14.3 Å². The van der Waals surface area contributed by atoms with Gasteiger partial charge in [-0.3, -0.25) is 4.79 Å². The molecule has 1 aliphatic heterocycles. The molecule has 90 valence electrons. The zero-order valence-corrected chi connectivity index (χ0v) is 9.72. The van der Waals surface area contributed by atoms with Crippen LogP contribution in [0.1, 0.15) is 37.5 Å². The van der Waals surface area contributed by atoms with Gasteiger partial charge in [-0.05, 0) is 12.8 Å². The van der Waals surface area contributed by atoms with Crippen molar-refractivity contribution in [1.29, 1.82) is 0 Å². The van der Waals surface area contributed by atoms with E-state index in [1.807, 2.05) is 30.3 Å². The van der Waals surface area contributed by atoms with Gasteiger partial charge in [0.1, 0.15) is 11.4 Å². The molecule has 0 radical (unpaired) electrons. The van der Waals surface area contributed by atoms with Crippen LogP contribution in [0.15, 0.2) is 30.3 Å². The molecule has 3 heteroatoms. The summed E-state index contributed by atoms with van der Waals surface area (Å²) in [4.78, 5) is 11.5. The Morgan fingerprint density at radius 1 is 1.24 bits per heavy atom. The first-order valence-electron chi connectivity index (χ1n) is 6.14. The van der Waals surface area contributed by atoms with E-state index in [1.165, 1.54) is 0 Å². The molecule has 1 aromatic carbocycles. The molecule has 1 aromatic rings. The molecule has 1 heterocycles. The monoisotopic (exact) mass is 232 g/mol. The topological polar surface area (TPSA) is 35.5 Å². The Balaban J connectivity index is 1.75. The Kier molecular flexibility index (Phi) is 2.73. The zero-order chi connectivity index (χ0) is 11.7. The van der Waals surface area contributed by atoms with Gasteiger partial charge in [0.15, 0.2) is 6.29 Å². The van der Waals surface area contributed by atoms with Crippen LogP contribution < -0.4 is 0 Å². The van der Waals surface area contributed by atoms with Crippen molar-refractivity contribution in [2.45, 2.75) is 37.6 Å². The van der Waals surface area contributed by atoms with E-state index in [9.17, 15) is 4.79 Å². The second-order valence-corrected chi connectivity index (χ2v) is 4.92. The predicted molar refractivity (Wildman–Crippen MR) is 62.4 cm³/mol. The number of benzene rings is 1. The van der Waals surface area contributed by atoms with Gasteiger partial charge in [0.2, 0.25) is 0 Å². The van der Waals surface area contributed by atoms with E-state index < -0.39 is 0 Å². The molecule has 0 N–H and O–H groups in total. The molecule has 0 amide bonds. The Morgan fingerprint density at radius 3 is 2.82 bits per heavy atom. The van der Waals surface area contributed by atoms with Crippen LogP contribution in [0.4, 0.5) is 0 Å². The third-order valence-electron chi connectivity index (χ3n) is 3.53. The summed E-state index contributed by atoms with van der Waals surface area (Å²) in [5, 5.41) is 0. The van der Waals surface area contributed by atoms with E-state index in [4.69, 9.17) is 9.47 Å². The lowest BCUT2D eigenvalue weighted by molar-refractivity contribution is -0.135. The first-order valence-corrected chi connectivity index (χ1v) is 6.14. The smallest absolute Gasteiger partial charge is 0.184 e. The third-order valence-corrected chi connectivity index (χ3v) is 3.53. The molecule has 2 fully saturated rings.